The summed E-state index contributed by atoms with van der Waals surface area (Å²) >= 11 is 1.74. The molecular weight excluding hydrogens is 370 g/mol. The van der Waals surface area contributed by atoms with Gasteiger partial charge in [-0.3, -0.25) is 0 Å². The minimum absolute atomic E-state index is 0. The zero-order valence-corrected chi connectivity index (χ0v) is 16.8. The fraction of sp³-hybridized carbons (Fsp3) is 0.333. The van der Waals surface area contributed by atoms with Gasteiger partial charge in [0.2, 0.25) is 0 Å². The molecule has 0 unspecified atom stereocenters. The molecule has 0 heterocycles. The molecule has 0 N–H and O–H groups in total. The molecular formula is C15H22Cl2SiZr-2. The van der Waals surface area contributed by atoms with Gasteiger partial charge in [0.25, 0.3) is 0 Å². The summed E-state index contributed by atoms with van der Waals surface area (Å²) in [5.74, 6) is 0. The van der Waals surface area contributed by atoms with Crippen LogP contribution in [0.25, 0.3) is 0 Å². The van der Waals surface area contributed by atoms with E-state index in [1.165, 1.54) is 18.4 Å². The summed E-state index contributed by atoms with van der Waals surface area (Å²) in [5.41, 5.74) is 1.68. The minimum atomic E-state index is 0. The van der Waals surface area contributed by atoms with E-state index >= 15 is 0 Å². The molecule has 0 aliphatic rings. The van der Waals surface area contributed by atoms with Crippen LogP contribution < -0.4 is 24.8 Å². The maximum Gasteiger partial charge on any atom is -0.172 e. The summed E-state index contributed by atoms with van der Waals surface area (Å²) in [4.78, 5) is 0. The molecule has 0 radical (unpaired) electrons. The third kappa shape index (κ3) is 20.8. The Hall–Kier alpha value is 0.380. The Morgan fingerprint density at radius 1 is 1.05 bits per heavy atom. The molecule has 2 aromatic carbocycles. The SMILES string of the molecule is CCCc1ccc[cH-]1.C[Si](C)=[Zr+2].[Cl-].[Cl-].c1cc[cH-]c1. The van der Waals surface area contributed by atoms with Crippen molar-refractivity contribution in [2.45, 2.75) is 32.9 Å². The molecule has 19 heavy (non-hydrogen) atoms. The Balaban J connectivity index is -0.000000206. The molecule has 0 bridgehead atoms. The van der Waals surface area contributed by atoms with Crippen LogP contribution in [0.15, 0.2) is 54.6 Å². The third-order valence-electron chi connectivity index (χ3n) is 1.83. The second kappa shape index (κ2) is 18.4. The van der Waals surface area contributed by atoms with Gasteiger partial charge in [0.1, 0.15) is 0 Å². The van der Waals surface area contributed by atoms with Crippen molar-refractivity contribution < 1.29 is 48.1 Å². The van der Waals surface area contributed by atoms with E-state index in [1.54, 1.807) is 23.3 Å². The molecule has 0 saturated heterocycles. The molecule has 0 spiro atoms. The van der Waals surface area contributed by atoms with E-state index in [0.717, 1.165) is 0 Å². The van der Waals surface area contributed by atoms with Crippen LogP contribution in [0.5, 0.6) is 0 Å². The average molecular weight is 393 g/mol. The first kappa shape index (κ1) is 24.4. The largest absolute Gasteiger partial charge is 1.00 e. The molecule has 0 saturated carbocycles. The van der Waals surface area contributed by atoms with Gasteiger partial charge in [-0.25, -0.2) is 24.3 Å². The summed E-state index contributed by atoms with van der Waals surface area (Å²) in [6.45, 7) is 6.82. The maximum atomic E-state index is 2.31. The van der Waals surface area contributed by atoms with Crippen LogP contribution in [-0.2, 0) is 29.8 Å². The Labute approximate surface area is 145 Å². The Morgan fingerprint density at radius 2 is 1.58 bits per heavy atom. The van der Waals surface area contributed by atoms with Crippen molar-refractivity contribution in [3.63, 3.8) is 0 Å². The molecule has 0 aromatic heterocycles. The van der Waals surface area contributed by atoms with Crippen molar-refractivity contribution in [2.75, 3.05) is 0 Å². The van der Waals surface area contributed by atoms with Crippen molar-refractivity contribution in [1.29, 1.82) is 0 Å². The van der Waals surface area contributed by atoms with E-state index < -0.39 is 0 Å². The molecule has 0 nitrogen and oxygen atoms in total. The van der Waals surface area contributed by atoms with Gasteiger partial charge in [-0.05, 0) is 0 Å². The molecule has 2 aromatic rings. The van der Waals surface area contributed by atoms with Crippen molar-refractivity contribution >= 4 is 5.43 Å². The summed E-state index contributed by atoms with van der Waals surface area (Å²) in [5, 5.41) is 0. The molecule has 0 atom stereocenters. The zero-order valence-electron chi connectivity index (χ0n) is 11.9. The quantitative estimate of drug-likeness (QED) is 0.434. The predicted molar refractivity (Wildman–Crippen MR) is 75.5 cm³/mol. The van der Waals surface area contributed by atoms with E-state index in [-0.39, 0.29) is 30.2 Å². The van der Waals surface area contributed by atoms with Gasteiger partial charge >= 0.3 is 41.9 Å². The van der Waals surface area contributed by atoms with Crippen molar-refractivity contribution in [2.24, 2.45) is 0 Å². The molecule has 0 amide bonds. The smallest absolute Gasteiger partial charge is 0.172 e. The third-order valence-corrected chi connectivity index (χ3v) is 1.83. The van der Waals surface area contributed by atoms with E-state index in [4.69, 9.17) is 0 Å². The number of rotatable bonds is 2. The van der Waals surface area contributed by atoms with Gasteiger partial charge in [0, 0.05) is 0 Å². The zero-order chi connectivity index (χ0) is 12.9. The summed E-state index contributed by atoms with van der Waals surface area (Å²) < 4.78 is 0. The number of aryl methyl sites for hydroxylation is 1. The molecule has 0 aliphatic carbocycles. The second-order valence-electron chi connectivity index (χ2n) is 4.01. The van der Waals surface area contributed by atoms with E-state index in [1.807, 2.05) is 30.3 Å². The van der Waals surface area contributed by atoms with Gasteiger partial charge in [-0.2, -0.15) is 35.9 Å². The van der Waals surface area contributed by atoms with Crippen LogP contribution in [0.3, 0.4) is 0 Å². The topological polar surface area (TPSA) is 0 Å². The normalized spacial score (nSPS) is 7.63. The number of halogens is 2. The molecule has 0 fully saturated rings. The molecule has 0 aliphatic heterocycles. The summed E-state index contributed by atoms with van der Waals surface area (Å²) in [6.07, 6.45) is 2.48. The van der Waals surface area contributed by atoms with Crippen molar-refractivity contribution in [3.05, 3.63) is 60.2 Å². The summed E-state index contributed by atoms with van der Waals surface area (Å²) in [7, 11) is 0. The number of hydrogen-bond acceptors (Lipinski definition) is 0. The fourth-order valence-corrected chi connectivity index (χ4v) is 1.19. The maximum absolute atomic E-state index is 2.31. The number of hydrogen-bond donors (Lipinski definition) is 0. The molecule has 4 heteroatoms. The van der Waals surface area contributed by atoms with Crippen LogP contribution in [0, 0.1) is 0 Å². The fourth-order valence-electron chi connectivity index (χ4n) is 1.19. The predicted octanol–water partition coefficient (Wildman–Crippen LogP) is -1.44. The van der Waals surface area contributed by atoms with E-state index in [2.05, 4.69) is 44.3 Å². The Morgan fingerprint density at radius 3 is 1.84 bits per heavy atom. The van der Waals surface area contributed by atoms with E-state index in [0.29, 0.717) is 0 Å². The van der Waals surface area contributed by atoms with Gasteiger partial charge in [0.05, 0.1) is 0 Å². The average Bonchev–Trinajstić information content (AvgIpc) is 2.92. The monoisotopic (exact) mass is 390 g/mol. The molecule has 2 rings (SSSR count). The van der Waals surface area contributed by atoms with Gasteiger partial charge < -0.3 is 24.8 Å². The summed E-state index contributed by atoms with van der Waals surface area (Å²) in [6, 6.07) is 18.5. The minimum Gasteiger partial charge on any atom is -1.00 e. The van der Waals surface area contributed by atoms with Crippen molar-refractivity contribution in [3.8, 4) is 0 Å². The van der Waals surface area contributed by atoms with Crippen LogP contribution in [0.1, 0.15) is 18.9 Å². The first-order chi connectivity index (χ1) is 8.16. The first-order valence-electron chi connectivity index (χ1n) is 6.05. The Bertz CT molecular complexity index is 334. The van der Waals surface area contributed by atoms with Crippen molar-refractivity contribution in [1.82, 2.24) is 0 Å². The second-order valence-corrected chi connectivity index (χ2v) is 13.4. The van der Waals surface area contributed by atoms with Gasteiger partial charge in [-0.15, -0.1) is 0 Å². The first-order valence-corrected chi connectivity index (χ1v) is 12.2. The van der Waals surface area contributed by atoms with Crippen LogP contribution in [-0.4, -0.2) is 5.43 Å². The van der Waals surface area contributed by atoms with E-state index in [9.17, 15) is 0 Å². The van der Waals surface area contributed by atoms with Crippen LogP contribution in [0.2, 0.25) is 13.1 Å². The van der Waals surface area contributed by atoms with Gasteiger partial charge in [-0.1, -0.05) is 19.8 Å². The van der Waals surface area contributed by atoms with Gasteiger partial charge in [0.15, 0.2) is 0 Å². The van der Waals surface area contributed by atoms with Crippen LogP contribution in [0.4, 0.5) is 0 Å². The Kier molecular flexibility index (Phi) is 23.6. The van der Waals surface area contributed by atoms with Crippen LogP contribution >= 0.6 is 0 Å². The molecule has 106 valence electrons. The standard InChI is InChI=1S/C8H11.C5H5.C2H6Si.2ClH.Zr/c1-2-5-8-6-3-4-7-8;1-2-4-5-3-1;1-3-2;;;/h3-4,6-7H,2,5H2,1H3;1-5H;1-2H3;2*1H;/q2*-1;;;;+2/p-2.